The Bertz CT molecular complexity index is 1330. The Balaban J connectivity index is 1.65. The van der Waals surface area contributed by atoms with Crippen molar-refractivity contribution in [2.45, 2.75) is 31.4 Å². The van der Waals surface area contributed by atoms with E-state index in [4.69, 9.17) is 14.2 Å². The number of anilines is 1. The predicted molar refractivity (Wildman–Crippen MR) is 126 cm³/mol. The fourth-order valence-corrected chi connectivity index (χ4v) is 5.18. The Morgan fingerprint density at radius 3 is 2.51 bits per heavy atom. The van der Waals surface area contributed by atoms with Crippen LogP contribution in [0.4, 0.5) is 5.95 Å². The SMILES string of the molecule is COc1cc2cc3c(c(-c4cnc(N5CCC[C@@]5(CCO)C(=O)O)nc4)c2cc1OC)C(=O)OC3. The first kappa shape index (κ1) is 22.9. The molecule has 1 aromatic heterocycles. The first-order valence-electron chi connectivity index (χ1n) is 11.3. The van der Waals surface area contributed by atoms with Crippen molar-refractivity contribution < 1.29 is 34.0 Å². The zero-order valence-electron chi connectivity index (χ0n) is 19.4. The lowest BCUT2D eigenvalue weighted by Gasteiger charge is -2.34. The number of ether oxygens (including phenoxy) is 3. The second-order valence-corrected chi connectivity index (χ2v) is 8.63. The van der Waals surface area contributed by atoms with Gasteiger partial charge in [0.25, 0.3) is 0 Å². The highest BCUT2D eigenvalue weighted by Crippen LogP contribution is 2.42. The molecule has 2 aliphatic heterocycles. The van der Waals surface area contributed by atoms with E-state index in [9.17, 15) is 19.8 Å². The van der Waals surface area contributed by atoms with Gasteiger partial charge in [0.05, 0.1) is 19.8 Å². The maximum absolute atomic E-state index is 12.7. The molecule has 3 aromatic rings. The lowest BCUT2D eigenvalue weighted by Crippen LogP contribution is -2.52. The van der Waals surface area contributed by atoms with E-state index >= 15 is 0 Å². The van der Waals surface area contributed by atoms with Crippen LogP contribution in [0.25, 0.3) is 21.9 Å². The summed E-state index contributed by atoms with van der Waals surface area (Å²) >= 11 is 0. The minimum Gasteiger partial charge on any atom is -0.493 e. The summed E-state index contributed by atoms with van der Waals surface area (Å²) in [6, 6.07) is 5.55. The van der Waals surface area contributed by atoms with Gasteiger partial charge in [-0.15, -0.1) is 0 Å². The van der Waals surface area contributed by atoms with Gasteiger partial charge in [-0.25, -0.2) is 19.6 Å². The first-order chi connectivity index (χ1) is 16.9. The molecule has 2 N–H and O–H groups in total. The molecular formula is C25H25N3O7. The molecule has 3 heterocycles. The molecule has 0 aliphatic carbocycles. The molecule has 1 saturated heterocycles. The van der Waals surface area contributed by atoms with E-state index in [2.05, 4.69) is 9.97 Å². The number of aliphatic carboxylic acids is 1. The number of carbonyl (C=O) groups excluding carboxylic acids is 1. The summed E-state index contributed by atoms with van der Waals surface area (Å²) in [5.74, 6) is -0.0978. The average Bonchev–Trinajstić information content (AvgIpc) is 3.46. The minimum absolute atomic E-state index is 0.0811. The summed E-state index contributed by atoms with van der Waals surface area (Å²) in [6.45, 7) is 0.384. The average molecular weight is 479 g/mol. The monoisotopic (exact) mass is 479 g/mol. The van der Waals surface area contributed by atoms with Crippen LogP contribution in [0.1, 0.15) is 35.2 Å². The second kappa shape index (κ2) is 8.70. The van der Waals surface area contributed by atoms with Crippen molar-refractivity contribution in [2.75, 3.05) is 32.3 Å². The number of carbonyl (C=O) groups is 2. The number of rotatable bonds is 7. The lowest BCUT2D eigenvalue weighted by atomic mass is 9.91. The summed E-state index contributed by atoms with van der Waals surface area (Å²) < 4.78 is 16.2. The molecule has 0 bridgehead atoms. The van der Waals surface area contributed by atoms with Gasteiger partial charge in [0, 0.05) is 48.7 Å². The highest BCUT2D eigenvalue weighted by atomic mass is 16.5. The van der Waals surface area contributed by atoms with Crippen LogP contribution in [0.5, 0.6) is 11.5 Å². The quantitative estimate of drug-likeness (QED) is 0.488. The van der Waals surface area contributed by atoms with Crippen molar-refractivity contribution in [3.8, 4) is 22.6 Å². The molecule has 1 atom stereocenters. The van der Waals surface area contributed by atoms with Crippen LogP contribution >= 0.6 is 0 Å². The summed E-state index contributed by atoms with van der Waals surface area (Å²) in [5, 5.41) is 21.0. The van der Waals surface area contributed by atoms with E-state index < -0.39 is 17.5 Å². The highest BCUT2D eigenvalue weighted by molar-refractivity contribution is 6.11. The zero-order valence-corrected chi connectivity index (χ0v) is 19.4. The van der Waals surface area contributed by atoms with E-state index in [1.54, 1.807) is 37.6 Å². The third-order valence-corrected chi connectivity index (χ3v) is 6.87. The number of methoxy groups -OCH3 is 2. The maximum atomic E-state index is 12.7. The minimum atomic E-state index is -1.25. The van der Waals surface area contributed by atoms with Gasteiger partial charge in [-0.1, -0.05) is 0 Å². The number of fused-ring (bicyclic) bond motifs is 2. The standard InChI is InChI=1S/C25H25N3O7/c1-33-18-9-14-8-15-13-35-22(30)21(15)20(17(14)10-19(18)34-2)16-11-26-24(27-12-16)28-6-3-4-25(28,5-7-29)23(31)32/h8-12,29H,3-7,13H2,1-2H3,(H,31,32)/t25-/m1/s1. The Morgan fingerprint density at radius 2 is 1.86 bits per heavy atom. The van der Waals surface area contributed by atoms with E-state index in [0.717, 1.165) is 16.3 Å². The molecule has 1 fully saturated rings. The number of carboxylic acid groups (broad SMARTS) is 1. The van der Waals surface area contributed by atoms with Gasteiger partial charge in [-0.3, -0.25) is 0 Å². The van der Waals surface area contributed by atoms with E-state index in [0.29, 0.717) is 47.6 Å². The molecule has 35 heavy (non-hydrogen) atoms. The number of benzene rings is 2. The van der Waals surface area contributed by atoms with Gasteiger partial charge < -0.3 is 29.3 Å². The normalized spacial score (nSPS) is 19.1. The zero-order chi connectivity index (χ0) is 24.7. The van der Waals surface area contributed by atoms with Crippen molar-refractivity contribution in [1.29, 1.82) is 0 Å². The van der Waals surface area contributed by atoms with Gasteiger partial charge in [-0.2, -0.15) is 0 Å². The van der Waals surface area contributed by atoms with Crippen LogP contribution in [0.3, 0.4) is 0 Å². The van der Waals surface area contributed by atoms with Crippen LogP contribution in [0.2, 0.25) is 0 Å². The van der Waals surface area contributed by atoms with Crippen molar-refractivity contribution in [3.63, 3.8) is 0 Å². The number of hydrogen-bond acceptors (Lipinski definition) is 9. The predicted octanol–water partition coefficient (Wildman–Crippen LogP) is 2.79. The van der Waals surface area contributed by atoms with Crippen LogP contribution in [0, 0.1) is 0 Å². The van der Waals surface area contributed by atoms with Crippen molar-refractivity contribution in [1.82, 2.24) is 9.97 Å². The number of esters is 1. The van der Waals surface area contributed by atoms with Crippen molar-refractivity contribution in [3.05, 3.63) is 41.7 Å². The molecule has 0 spiro atoms. The highest BCUT2D eigenvalue weighted by Gasteiger charge is 2.48. The number of aliphatic hydroxyl groups is 1. The molecule has 0 radical (unpaired) electrons. The van der Waals surface area contributed by atoms with Crippen LogP contribution in [0.15, 0.2) is 30.6 Å². The number of nitrogens with zero attached hydrogens (tertiary/aromatic N) is 3. The third-order valence-electron chi connectivity index (χ3n) is 6.87. The van der Waals surface area contributed by atoms with Gasteiger partial charge in [0.2, 0.25) is 5.95 Å². The Labute approximate surface area is 201 Å². The fourth-order valence-electron chi connectivity index (χ4n) is 5.18. The summed E-state index contributed by atoms with van der Waals surface area (Å²) in [5.41, 5.74) is 1.16. The molecule has 0 amide bonds. The molecule has 5 rings (SSSR count). The smallest absolute Gasteiger partial charge is 0.339 e. The van der Waals surface area contributed by atoms with Crippen molar-refractivity contribution >= 4 is 28.7 Å². The summed E-state index contributed by atoms with van der Waals surface area (Å²) in [6.07, 6.45) is 4.31. The van der Waals surface area contributed by atoms with Gasteiger partial charge in [0.15, 0.2) is 11.5 Å². The number of cyclic esters (lactones) is 1. The topological polar surface area (TPSA) is 131 Å². The summed E-state index contributed by atoms with van der Waals surface area (Å²) in [4.78, 5) is 35.4. The van der Waals surface area contributed by atoms with E-state index in [1.165, 1.54) is 0 Å². The molecule has 10 nitrogen and oxygen atoms in total. The largest absolute Gasteiger partial charge is 0.493 e. The van der Waals surface area contributed by atoms with Gasteiger partial charge in [-0.05, 0) is 41.8 Å². The molecule has 0 unspecified atom stereocenters. The third kappa shape index (κ3) is 3.52. The molecule has 10 heteroatoms. The van der Waals surface area contributed by atoms with E-state index in [-0.39, 0.29) is 25.6 Å². The van der Waals surface area contributed by atoms with Gasteiger partial charge >= 0.3 is 11.9 Å². The number of aliphatic hydroxyl groups excluding tert-OH is 1. The van der Waals surface area contributed by atoms with Gasteiger partial charge in [0.1, 0.15) is 12.1 Å². The Kier molecular flexibility index (Phi) is 5.68. The van der Waals surface area contributed by atoms with E-state index in [1.807, 2.05) is 12.1 Å². The molecule has 2 aromatic carbocycles. The Hall–Kier alpha value is -3.92. The fraction of sp³-hybridized carbons (Fsp3) is 0.360. The second-order valence-electron chi connectivity index (χ2n) is 8.63. The molecule has 182 valence electrons. The molecular weight excluding hydrogens is 454 g/mol. The van der Waals surface area contributed by atoms with Crippen LogP contribution in [-0.4, -0.2) is 65.0 Å². The maximum Gasteiger partial charge on any atom is 0.339 e. The number of aromatic nitrogens is 2. The Morgan fingerprint density at radius 1 is 1.14 bits per heavy atom. The molecule has 0 saturated carbocycles. The number of carboxylic acids is 1. The lowest BCUT2D eigenvalue weighted by molar-refractivity contribution is -0.143. The van der Waals surface area contributed by atoms with Crippen molar-refractivity contribution in [2.24, 2.45) is 0 Å². The summed E-state index contributed by atoms with van der Waals surface area (Å²) in [7, 11) is 3.10. The van der Waals surface area contributed by atoms with Crippen LogP contribution < -0.4 is 14.4 Å². The first-order valence-corrected chi connectivity index (χ1v) is 11.3. The van der Waals surface area contributed by atoms with Crippen LogP contribution in [-0.2, 0) is 16.1 Å². The number of hydrogen-bond donors (Lipinski definition) is 2. The molecule has 2 aliphatic rings.